The minimum absolute atomic E-state index is 0.0385. The summed E-state index contributed by atoms with van der Waals surface area (Å²) in [5.74, 6) is -1.07. The molecule has 9 nitrogen and oxygen atoms in total. The van der Waals surface area contributed by atoms with Crippen LogP contribution in [0.4, 0.5) is 11.4 Å². The van der Waals surface area contributed by atoms with E-state index in [1.165, 1.54) is 31.4 Å². The summed E-state index contributed by atoms with van der Waals surface area (Å²) in [6.07, 6.45) is 0. The summed E-state index contributed by atoms with van der Waals surface area (Å²) < 4.78 is 4.68. The topological polar surface area (TPSA) is 123 Å². The van der Waals surface area contributed by atoms with E-state index in [0.29, 0.717) is 5.69 Å². The molecular formula is C16H14N4O5S. The molecule has 2 aromatic rings. The van der Waals surface area contributed by atoms with Crippen LogP contribution in [0.5, 0.6) is 0 Å². The van der Waals surface area contributed by atoms with Crippen LogP contribution < -0.4 is 16.2 Å². The fourth-order valence-electron chi connectivity index (χ4n) is 1.95. The average molecular weight is 374 g/mol. The number of hydrazine groups is 1. The van der Waals surface area contributed by atoms with Crippen molar-refractivity contribution in [1.29, 1.82) is 0 Å². The van der Waals surface area contributed by atoms with Crippen LogP contribution in [0.2, 0.25) is 0 Å². The van der Waals surface area contributed by atoms with Crippen LogP contribution in [0, 0.1) is 10.1 Å². The van der Waals surface area contributed by atoms with Gasteiger partial charge in [0.05, 0.1) is 23.3 Å². The third-order valence-corrected chi connectivity index (χ3v) is 3.41. The number of carbonyl (C=O) groups is 2. The minimum atomic E-state index is -0.558. The number of nitro groups is 1. The van der Waals surface area contributed by atoms with E-state index in [-0.39, 0.29) is 21.9 Å². The SMILES string of the molecule is COC(=O)c1ccccc1NC(=S)NNC(=O)c1ccc([N+](=O)[O-])cc1. The van der Waals surface area contributed by atoms with E-state index in [1.807, 2.05) is 0 Å². The number of amides is 1. The monoisotopic (exact) mass is 374 g/mol. The molecule has 1 amide bonds. The first kappa shape index (κ1) is 18.8. The largest absolute Gasteiger partial charge is 0.465 e. The van der Waals surface area contributed by atoms with Gasteiger partial charge in [0, 0.05) is 17.7 Å². The summed E-state index contributed by atoms with van der Waals surface area (Å²) in [6, 6.07) is 11.6. The molecule has 0 aliphatic heterocycles. The maximum absolute atomic E-state index is 12.0. The van der Waals surface area contributed by atoms with Crippen molar-refractivity contribution in [2.45, 2.75) is 0 Å². The molecule has 0 bridgehead atoms. The van der Waals surface area contributed by atoms with Crippen molar-refractivity contribution >= 4 is 40.6 Å². The van der Waals surface area contributed by atoms with Crippen molar-refractivity contribution in [2.75, 3.05) is 12.4 Å². The number of hydrogen-bond acceptors (Lipinski definition) is 6. The number of rotatable bonds is 4. The number of nitrogens with zero attached hydrogens (tertiary/aromatic N) is 1. The molecule has 0 saturated heterocycles. The fraction of sp³-hybridized carbons (Fsp3) is 0.0625. The molecule has 2 rings (SSSR count). The van der Waals surface area contributed by atoms with E-state index in [0.717, 1.165) is 0 Å². The third-order valence-electron chi connectivity index (χ3n) is 3.21. The van der Waals surface area contributed by atoms with Gasteiger partial charge in [-0.3, -0.25) is 25.8 Å². The number of thiocarbonyl (C=S) groups is 1. The Morgan fingerprint density at radius 2 is 1.73 bits per heavy atom. The van der Waals surface area contributed by atoms with E-state index in [1.54, 1.807) is 24.3 Å². The Bertz CT molecular complexity index is 854. The lowest BCUT2D eigenvalue weighted by Crippen LogP contribution is -2.43. The van der Waals surface area contributed by atoms with E-state index >= 15 is 0 Å². The third kappa shape index (κ3) is 4.74. The maximum atomic E-state index is 12.0. The highest BCUT2D eigenvalue weighted by Crippen LogP contribution is 2.16. The number of carbonyl (C=O) groups excluding carboxylic acids is 2. The normalized spacial score (nSPS) is 9.73. The van der Waals surface area contributed by atoms with Crippen LogP contribution in [0.25, 0.3) is 0 Å². The van der Waals surface area contributed by atoms with E-state index < -0.39 is 16.8 Å². The smallest absolute Gasteiger partial charge is 0.339 e. The molecule has 0 aromatic heterocycles. The summed E-state index contributed by atoms with van der Waals surface area (Å²) in [7, 11) is 1.26. The minimum Gasteiger partial charge on any atom is -0.465 e. The van der Waals surface area contributed by atoms with E-state index in [2.05, 4.69) is 20.9 Å². The average Bonchev–Trinajstić information content (AvgIpc) is 2.66. The highest BCUT2D eigenvalue weighted by Gasteiger charge is 2.13. The van der Waals surface area contributed by atoms with Crippen molar-refractivity contribution in [3.05, 3.63) is 69.8 Å². The van der Waals surface area contributed by atoms with Crippen molar-refractivity contribution in [3.8, 4) is 0 Å². The zero-order valence-corrected chi connectivity index (χ0v) is 14.3. The first-order valence-corrected chi connectivity index (χ1v) is 7.62. The van der Waals surface area contributed by atoms with Gasteiger partial charge in [0.15, 0.2) is 5.11 Å². The number of hydrogen-bond donors (Lipinski definition) is 3. The second-order valence-electron chi connectivity index (χ2n) is 4.87. The van der Waals surface area contributed by atoms with Gasteiger partial charge in [-0.25, -0.2) is 4.79 Å². The predicted octanol–water partition coefficient (Wildman–Crippen LogP) is 2.01. The van der Waals surface area contributed by atoms with Gasteiger partial charge < -0.3 is 10.1 Å². The molecule has 0 aliphatic rings. The standard InChI is InChI=1S/C16H14N4O5S/c1-25-15(22)12-4-2-3-5-13(12)17-16(26)19-18-14(21)10-6-8-11(9-7-10)20(23)24/h2-9H,1H3,(H,18,21)(H2,17,19,26). The van der Waals surface area contributed by atoms with Crippen molar-refractivity contribution in [2.24, 2.45) is 0 Å². The first-order chi connectivity index (χ1) is 12.4. The van der Waals surface area contributed by atoms with E-state index in [4.69, 9.17) is 12.2 Å². The quantitative estimate of drug-likeness (QED) is 0.321. The van der Waals surface area contributed by atoms with Gasteiger partial charge in [0.2, 0.25) is 0 Å². The van der Waals surface area contributed by atoms with Crippen LogP contribution in [0.15, 0.2) is 48.5 Å². The number of esters is 1. The number of anilines is 1. The molecule has 0 spiro atoms. The van der Waals surface area contributed by atoms with Gasteiger partial charge in [-0.1, -0.05) is 12.1 Å². The van der Waals surface area contributed by atoms with Crippen molar-refractivity contribution in [1.82, 2.24) is 10.9 Å². The Morgan fingerprint density at radius 1 is 1.08 bits per heavy atom. The molecule has 2 aromatic carbocycles. The van der Waals surface area contributed by atoms with Crippen molar-refractivity contribution in [3.63, 3.8) is 0 Å². The lowest BCUT2D eigenvalue weighted by molar-refractivity contribution is -0.384. The molecule has 26 heavy (non-hydrogen) atoms. The number of ether oxygens (including phenoxy) is 1. The summed E-state index contributed by atoms with van der Waals surface area (Å²) in [5, 5.41) is 13.4. The molecule has 0 saturated carbocycles. The lowest BCUT2D eigenvalue weighted by atomic mass is 10.2. The highest BCUT2D eigenvalue weighted by molar-refractivity contribution is 7.80. The molecule has 0 atom stereocenters. The first-order valence-electron chi connectivity index (χ1n) is 7.21. The zero-order valence-electron chi connectivity index (χ0n) is 13.5. The van der Waals surface area contributed by atoms with Gasteiger partial charge in [0.25, 0.3) is 11.6 Å². The maximum Gasteiger partial charge on any atom is 0.339 e. The summed E-state index contributed by atoms with van der Waals surface area (Å²) in [4.78, 5) is 33.7. The zero-order chi connectivity index (χ0) is 19.1. The number of methoxy groups -OCH3 is 1. The van der Waals surface area contributed by atoms with Crippen LogP contribution in [0.3, 0.4) is 0 Å². The molecule has 10 heteroatoms. The number of non-ortho nitro benzene ring substituents is 1. The van der Waals surface area contributed by atoms with Gasteiger partial charge in [-0.15, -0.1) is 0 Å². The molecule has 0 unspecified atom stereocenters. The van der Waals surface area contributed by atoms with Gasteiger partial charge >= 0.3 is 5.97 Å². The highest BCUT2D eigenvalue weighted by atomic mass is 32.1. The Balaban J connectivity index is 1.96. The van der Waals surface area contributed by atoms with Crippen LogP contribution in [-0.4, -0.2) is 29.0 Å². The molecule has 0 radical (unpaired) electrons. The van der Waals surface area contributed by atoms with Crippen LogP contribution in [-0.2, 0) is 4.74 Å². The Labute approximate surface area is 153 Å². The summed E-state index contributed by atoms with van der Waals surface area (Å²) in [5.41, 5.74) is 5.61. The van der Waals surface area contributed by atoms with Gasteiger partial charge in [0.1, 0.15) is 0 Å². The Kier molecular flexibility index (Phi) is 6.17. The number of nitrogens with one attached hydrogen (secondary N) is 3. The number of nitro benzene ring substituents is 1. The Morgan fingerprint density at radius 3 is 2.35 bits per heavy atom. The van der Waals surface area contributed by atoms with Crippen LogP contribution in [0.1, 0.15) is 20.7 Å². The fourth-order valence-corrected chi connectivity index (χ4v) is 2.11. The second-order valence-corrected chi connectivity index (χ2v) is 5.28. The Hall–Kier alpha value is -3.53. The van der Waals surface area contributed by atoms with Crippen LogP contribution >= 0.6 is 12.2 Å². The van der Waals surface area contributed by atoms with Gasteiger partial charge in [-0.2, -0.15) is 0 Å². The molecule has 3 N–H and O–H groups in total. The second kappa shape index (κ2) is 8.53. The molecule has 0 heterocycles. The molecular weight excluding hydrogens is 360 g/mol. The predicted molar refractivity (Wildman–Crippen MR) is 97.7 cm³/mol. The van der Waals surface area contributed by atoms with Crippen molar-refractivity contribution < 1.29 is 19.2 Å². The molecule has 0 aliphatic carbocycles. The number of para-hydroxylation sites is 1. The lowest BCUT2D eigenvalue weighted by Gasteiger charge is -2.13. The molecule has 134 valence electrons. The summed E-state index contributed by atoms with van der Waals surface area (Å²) in [6.45, 7) is 0. The van der Waals surface area contributed by atoms with E-state index in [9.17, 15) is 19.7 Å². The van der Waals surface area contributed by atoms with Gasteiger partial charge in [-0.05, 0) is 36.5 Å². The summed E-state index contributed by atoms with van der Waals surface area (Å²) >= 11 is 5.06. The number of benzene rings is 2. The molecule has 0 fully saturated rings.